The van der Waals surface area contributed by atoms with E-state index < -0.39 is 0 Å². The highest BCUT2D eigenvalue weighted by molar-refractivity contribution is 9.10. The van der Waals surface area contributed by atoms with E-state index in [0.717, 1.165) is 4.47 Å². The van der Waals surface area contributed by atoms with E-state index in [1.165, 1.54) is 0 Å². The average molecular weight is 366 g/mol. The second-order valence-corrected chi connectivity index (χ2v) is 5.62. The third-order valence-corrected chi connectivity index (χ3v) is 3.11. The minimum Gasteiger partial charge on any atom is -0.490 e. The predicted molar refractivity (Wildman–Crippen MR) is 88.0 cm³/mol. The third-order valence-electron chi connectivity index (χ3n) is 2.61. The van der Waals surface area contributed by atoms with Crippen molar-refractivity contribution >= 4 is 34.2 Å². The van der Waals surface area contributed by atoms with Crippen LogP contribution in [0, 0.1) is 0 Å². The Kier molecular flexibility index (Phi) is 8.85. The summed E-state index contributed by atoms with van der Waals surface area (Å²) in [5.41, 5.74) is 0.556. The molecule has 1 aromatic rings. The Morgan fingerprint density at radius 3 is 2.55 bits per heavy atom. The topological polar surface area (TPSA) is 50.4 Å². The number of hydrogen-bond acceptors (Lipinski definition) is 3. The zero-order valence-corrected chi connectivity index (χ0v) is 14.6. The normalized spacial score (nSPS) is 11.7. The van der Waals surface area contributed by atoms with Gasteiger partial charge in [0.2, 0.25) is 0 Å². The lowest BCUT2D eigenvalue weighted by molar-refractivity contribution is 0.0944. The van der Waals surface area contributed by atoms with Gasteiger partial charge in [-0.3, -0.25) is 4.79 Å². The Bertz CT molecular complexity index is 441. The van der Waals surface area contributed by atoms with Crippen LogP contribution in [0.4, 0.5) is 0 Å². The summed E-state index contributed by atoms with van der Waals surface area (Å²) in [6, 6.07) is 5.65. The summed E-state index contributed by atoms with van der Waals surface area (Å²) in [5.74, 6) is 0.476. The van der Waals surface area contributed by atoms with Crippen LogP contribution in [0.2, 0.25) is 0 Å². The largest absolute Gasteiger partial charge is 0.490 e. The second kappa shape index (κ2) is 9.21. The van der Waals surface area contributed by atoms with Crippen LogP contribution in [0.5, 0.6) is 5.75 Å². The van der Waals surface area contributed by atoms with Gasteiger partial charge in [-0.2, -0.15) is 0 Å². The first-order valence-electron chi connectivity index (χ1n) is 6.35. The number of carbonyl (C=O) groups is 1. The molecule has 1 amide bonds. The Labute approximate surface area is 135 Å². The summed E-state index contributed by atoms with van der Waals surface area (Å²) in [4.78, 5) is 12.1. The van der Waals surface area contributed by atoms with Crippen LogP contribution in [0.3, 0.4) is 0 Å². The molecule has 0 aliphatic heterocycles. The summed E-state index contributed by atoms with van der Waals surface area (Å²) in [7, 11) is 1.86. The van der Waals surface area contributed by atoms with Crippen molar-refractivity contribution in [1.82, 2.24) is 10.6 Å². The molecule has 0 aliphatic rings. The van der Waals surface area contributed by atoms with Crippen molar-refractivity contribution in [2.75, 3.05) is 13.6 Å². The molecule has 0 radical (unpaired) electrons. The van der Waals surface area contributed by atoms with Gasteiger partial charge in [-0.05, 0) is 46.0 Å². The summed E-state index contributed by atoms with van der Waals surface area (Å²) in [6.07, 6.45) is 0.0251. The lowest BCUT2D eigenvalue weighted by Crippen LogP contribution is -2.37. The molecule has 0 bridgehead atoms. The van der Waals surface area contributed by atoms with E-state index in [1.807, 2.05) is 40.0 Å². The van der Waals surface area contributed by atoms with Gasteiger partial charge in [0.1, 0.15) is 5.75 Å². The van der Waals surface area contributed by atoms with Gasteiger partial charge in [0.15, 0.2) is 0 Å². The van der Waals surface area contributed by atoms with E-state index in [2.05, 4.69) is 26.6 Å². The molecule has 0 heterocycles. The third kappa shape index (κ3) is 6.11. The zero-order valence-electron chi connectivity index (χ0n) is 12.2. The van der Waals surface area contributed by atoms with Crippen LogP contribution in [0.1, 0.15) is 31.1 Å². The molecule has 0 saturated carbocycles. The maximum Gasteiger partial charge on any atom is 0.255 e. The molecule has 6 heteroatoms. The monoisotopic (exact) mass is 364 g/mol. The van der Waals surface area contributed by atoms with E-state index in [0.29, 0.717) is 17.9 Å². The number of benzene rings is 1. The SMILES string of the molecule is CNC(C)CNC(=O)c1ccc(Br)cc1OC(C)C.Cl. The summed E-state index contributed by atoms with van der Waals surface area (Å²) in [5, 5.41) is 5.96. The molecule has 4 nitrogen and oxygen atoms in total. The van der Waals surface area contributed by atoms with E-state index in [4.69, 9.17) is 4.74 Å². The molecule has 0 aromatic heterocycles. The highest BCUT2D eigenvalue weighted by Crippen LogP contribution is 2.24. The standard InChI is InChI=1S/C14H21BrN2O2.ClH/c1-9(2)19-13-7-11(15)5-6-12(13)14(18)17-8-10(3)16-4;/h5-7,9-10,16H,8H2,1-4H3,(H,17,18);1H. The van der Waals surface area contributed by atoms with Gasteiger partial charge in [0.05, 0.1) is 11.7 Å². The summed E-state index contributed by atoms with van der Waals surface area (Å²) < 4.78 is 6.57. The fourth-order valence-electron chi connectivity index (χ4n) is 1.48. The molecular weight excluding hydrogens is 344 g/mol. The Morgan fingerprint density at radius 2 is 2.00 bits per heavy atom. The Morgan fingerprint density at radius 1 is 1.35 bits per heavy atom. The number of ether oxygens (including phenoxy) is 1. The number of halogens is 2. The van der Waals surface area contributed by atoms with Gasteiger partial charge >= 0.3 is 0 Å². The molecule has 1 atom stereocenters. The Hall–Kier alpha value is -0.780. The van der Waals surface area contributed by atoms with Crippen molar-refractivity contribution in [2.24, 2.45) is 0 Å². The quantitative estimate of drug-likeness (QED) is 0.815. The highest BCUT2D eigenvalue weighted by Gasteiger charge is 2.14. The van der Waals surface area contributed by atoms with Crippen molar-refractivity contribution < 1.29 is 9.53 Å². The van der Waals surface area contributed by atoms with Gasteiger partial charge in [-0.1, -0.05) is 15.9 Å². The van der Waals surface area contributed by atoms with Gasteiger partial charge < -0.3 is 15.4 Å². The first-order chi connectivity index (χ1) is 8.93. The van der Waals surface area contributed by atoms with Crippen LogP contribution in [-0.2, 0) is 0 Å². The second-order valence-electron chi connectivity index (χ2n) is 4.71. The zero-order chi connectivity index (χ0) is 14.4. The lowest BCUT2D eigenvalue weighted by Gasteiger charge is -2.16. The first-order valence-corrected chi connectivity index (χ1v) is 7.15. The fraction of sp³-hybridized carbons (Fsp3) is 0.500. The van der Waals surface area contributed by atoms with Crippen LogP contribution in [-0.4, -0.2) is 31.6 Å². The maximum atomic E-state index is 12.1. The van der Waals surface area contributed by atoms with Gasteiger partial charge in [-0.15, -0.1) is 12.4 Å². The molecule has 0 saturated heterocycles. The summed E-state index contributed by atoms with van der Waals surface area (Å²) >= 11 is 3.39. The molecule has 20 heavy (non-hydrogen) atoms. The van der Waals surface area contributed by atoms with E-state index in [9.17, 15) is 4.79 Å². The molecule has 0 aliphatic carbocycles. The van der Waals surface area contributed by atoms with Gasteiger partial charge in [0, 0.05) is 17.1 Å². The number of hydrogen-bond donors (Lipinski definition) is 2. The van der Waals surface area contributed by atoms with Crippen molar-refractivity contribution in [1.29, 1.82) is 0 Å². The predicted octanol–water partition coefficient (Wildman–Crippen LogP) is 3.00. The van der Waals surface area contributed by atoms with E-state index >= 15 is 0 Å². The van der Waals surface area contributed by atoms with Crippen molar-refractivity contribution in [3.8, 4) is 5.75 Å². The van der Waals surface area contributed by atoms with Gasteiger partial charge in [0.25, 0.3) is 5.91 Å². The molecule has 0 fully saturated rings. The smallest absolute Gasteiger partial charge is 0.255 e. The molecule has 114 valence electrons. The van der Waals surface area contributed by atoms with Crippen LogP contribution >= 0.6 is 28.3 Å². The molecule has 0 spiro atoms. The van der Waals surface area contributed by atoms with E-state index in [1.54, 1.807) is 6.07 Å². The van der Waals surface area contributed by atoms with Crippen molar-refractivity contribution in [2.45, 2.75) is 32.9 Å². The maximum absolute atomic E-state index is 12.1. The van der Waals surface area contributed by atoms with E-state index in [-0.39, 0.29) is 30.5 Å². The number of likely N-dealkylation sites (N-methyl/N-ethyl adjacent to an activating group) is 1. The average Bonchev–Trinajstić information content (AvgIpc) is 2.35. The number of rotatable bonds is 6. The van der Waals surface area contributed by atoms with Gasteiger partial charge in [-0.25, -0.2) is 0 Å². The number of amides is 1. The first kappa shape index (κ1) is 19.2. The molecule has 2 N–H and O–H groups in total. The molecule has 1 aromatic carbocycles. The Balaban J connectivity index is 0.00000361. The summed E-state index contributed by atoms with van der Waals surface area (Å²) in [6.45, 7) is 6.46. The highest BCUT2D eigenvalue weighted by atomic mass is 79.9. The molecule has 1 unspecified atom stereocenters. The molecule has 1 rings (SSSR count). The fourth-order valence-corrected chi connectivity index (χ4v) is 1.82. The number of nitrogens with one attached hydrogen (secondary N) is 2. The minimum atomic E-state index is -0.120. The van der Waals surface area contributed by atoms with Crippen LogP contribution < -0.4 is 15.4 Å². The van der Waals surface area contributed by atoms with Crippen LogP contribution in [0.25, 0.3) is 0 Å². The van der Waals surface area contributed by atoms with Crippen molar-refractivity contribution in [3.05, 3.63) is 28.2 Å². The number of carbonyl (C=O) groups excluding carboxylic acids is 1. The van der Waals surface area contributed by atoms with Crippen LogP contribution in [0.15, 0.2) is 22.7 Å². The lowest BCUT2D eigenvalue weighted by atomic mass is 10.2. The molecular formula is C14H22BrClN2O2. The minimum absolute atomic E-state index is 0. The van der Waals surface area contributed by atoms with Crippen molar-refractivity contribution in [3.63, 3.8) is 0 Å².